The number of hydrogen-bond acceptors (Lipinski definition) is 3. The van der Waals surface area contributed by atoms with Crippen LogP contribution >= 0.6 is 0 Å². The molecule has 1 heterocycles. The van der Waals surface area contributed by atoms with Crippen LogP contribution < -0.4 is 10.6 Å². The Morgan fingerprint density at radius 3 is 2.48 bits per heavy atom. The largest absolute Gasteiger partial charge is 0.325 e. The van der Waals surface area contributed by atoms with Crippen LogP contribution in [-0.2, 0) is 21.5 Å². The van der Waals surface area contributed by atoms with Gasteiger partial charge in [0.2, 0.25) is 5.91 Å². The van der Waals surface area contributed by atoms with E-state index < -0.39 is 17.5 Å². The van der Waals surface area contributed by atoms with Gasteiger partial charge in [0.15, 0.2) is 0 Å². The topological polar surface area (TPSA) is 78.5 Å². The lowest BCUT2D eigenvalue weighted by atomic mass is 9.84. The second kappa shape index (κ2) is 8.54. The SMILES string of the molecule is O=C(CN1C(=O)NC2(CCCCc3ccccc32)C1=O)Nc1ccccc1-c1ccccc1. The second-order valence-electron chi connectivity index (χ2n) is 8.55. The van der Waals surface area contributed by atoms with Crippen LogP contribution in [0.2, 0.25) is 0 Å². The number of amides is 4. The van der Waals surface area contributed by atoms with Gasteiger partial charge < -0.3 is 10.6 Å². The summed E-state index contributed by atoms with van der Waals surface area (Å²) >= 11 is 0. The number of carbonyl (C=O) groups excluding carboxylic acids is 3. The number of hydrogen-bond donors (Lipinski definition) is 2. The molecule has 3 aromatic carbocycles. The molecule has 3 aromatic rings. The number of rotatable bonds is 4. The standard InChI is InChI=1S/C27H25N3O3/c31-24(28-23-16-7-5-14-21(23)19-10-2-1-3-11-19)18-30-25(32)27(29-26(30)33)17-9-8-13-20-12-4-6-15-22(20)27/h1-7,10-12,14-16H,8-9,13,17-18H2,(H,28,31)(H,29,33). The van der Waals surface area contributed by atoms with Crippen LogP contribution in [0.5, 0.6) is 0 Å². The molecule has 0 bridgehead atoms. The molecular formula is C27H25N3O3. The molecule has 1 fully saturated rings. The van der Waals surface area contributed by atoms with Gasteiger partial charge in [-0.15, -0.1) is 0 Å². The van der Waals surface area contributed by atoms with Crippen LogP contribution in [0, 0.1) is 0 Å². The Bertz CT molecular complexity index is 1220. The molecular weight excluding hydrogens is 414 g/mol. The van der Waals surface area contributed by atoms with Crippen LogP contribution in [-0.4, -0.2) is 29.3 Å². The second-order valence-corrected chi connectivity index (χ2v) is 8.55. The lowest BCUT2D eigenvalue weighted by Crippen LogP contribution is -2.44. The van der Waals surface area contributed by atoms with Gasteiger partial charge in [-0.3, -0.25) is 14.5 Å². The van der Waals surface area contributed by atoms with Crippen LogP contribution in [0.4, 0.5) is 10.5 Å². The maximum absolute atomic E-state index is 13.5. The van der Waals surface area contributed by atoms with Gasteiger partial charge in [0.25, 0.3) is 5.91 Å². The number of fused-ring (bicyclic) bond motifs is 2. The van der Waals surface area contributed by atoms with E-state index in [-0.39, 0.29) is 12.5 Å². The minimum atomic E-state index is -1.09. The molecule has 5 rings (SSSR count). The lowest BCUT2D eigenvalue weighted by molar-refractivity contribution is -0.134. The van der Waals surface area contributed by atoms with E-state index in [1.165, 1.54) is 0 Å². The Morgan fingerprint density at radius 1 is 0.909 bits per heavy atom. The van der Waals surface area contributed by atoms with E-state index >= 15 is 0 Å². The number of benzene rings is 3. The van der Waals surface area contributed by atoms with Crippen LogP contribution in [0.15, 0.2) is 78.9 Å². The van der Waals surface area contributed by atoms with Gasteiger partial charge in [0, 0.05) is 11.3 Å². The number of para-hydroxylation sites is 1. The predicted octanol–water partition coefficient (Wildman–Crippen LogP) is 4.47. The minimum Gasteiger partial charge on any atom is -0.324 e. The summed E-state index contributed by atoms with van der Waals surface area (Å²) in [5.41, 5.74) is 3.31. The first-order valence-electron chi connectivity index (χ1n) is 11.3. The van der Waals surface area contributed by atoms with Gasteiger partial charge in [-0.05, 0) is 48.4 Å². The van der Waals surface area contributed by atoms with Crippen molar-refractivity contribution in [3.63, 3.8) is 0 Å². The van der Waals surface area contributed by atoms with Gasteiger partial charge in [0.1, 0.15) is 12.1 Å². The van der Waals surface area contributed by atoms with E-state index in [0.29, 0.717) is 12.1 Å². The summed E-state index contributed by atoms with van der Waals surface area (Å²) in [5, 5.41) is 5.82. The average molecular weight is 440 g/mol. The molecule has 1 atom stereocenters. The van der Waals surface area contributed by atoms with Crippen molar-refractivity contribution >= 4 is 23.5 Å². The Labute approximate surface area is 192 Å². The third kappa shape index (κ3) is 3.78. The molecule has 1 saturated heterocycles. The first-order valence-corrected chi connectivity index (χ1v) is 11.3. The number of nitrogens with zero attached hydrogens (tertiary/aromatic N) is 1. The molecule has 33 heavy (non-hydrogen) atoms. The monoisotopic (exact) mass is 439 g/mol. The van der Waals surface area contributed by atoms with Crippen LogP contribution in [0.1, 0.15) is 30.4 Å². The summed E-state index contributed by atoms with van der Waals surface area (Å²) in [6.07, 6.45) is 3.19. The van der Waals surface area contributed by atoms with Crippen LogP contribution in [0.25, 0.3) is 11.1 Å². The van der Waals surface area contributed by atoms with E-state index in [0.717, 1.165) is 46.4 Å². The zero-order valence-electron chi connectivity index (χ0n) is 18.2. The normalized spacial score (nSPS) is 19.7. The number of nitrogens with one attached hydrogen (secondary N) is 2. The van der Waals surface area contributed by atoms with Crippen LogP contribution in [0.3, 0.4) is 0 Å². The van der Waals surface area contributed by atoms with Gasteiger partial charge in [-0.1, -0.05) is 72.8 Å². The number of urea groups is 1. The Balaban J connectivity index is 1.38. The van der Waals surface area contributed by atoms with Crippen molar-refractivity contribution in [2.45, 2.75) is 31.2 Å². The molecule has 1 aliphatic carbocycles. The van der Waals surface area contributed by atoms with Crippen molar-refractivity contribution in [3.05, 3.63) is 90.0 Å². The van der Waals surface area contributed by atoms with Gasteiger partial charge in [-0.2, -0.15) is 0 Å². The average Bonchev–Trinajstić information content (AvgIpc) is 2.97. The highest BCUT2D eigenvalue weighted by Crippen LogP contribution is 2.39. The van der Waals surface area contributed by atoms with Crippen molar-refractivity contribution in [2.75, 3.05) is 11.9 Å². The molecule has 6 nitrogen and oxygen atoms in total. The maximum atomic E-state index is 13.5. The third-order valence-corrected chi connectivity index (χ3v) is 6.49. The lowest BCUT2D eigenvalue weighted by Gasteiger charge is -2.27. The molecule has 4 amide bonds. The highest BCUT2D eigenvalue weighted by atomic mass is 16.2. The Kier molecular flexibility index (Phi) is 5.42. The first-order chi connectivity index (χ1) is 16.1. The number of carbonyl (C=O) groups is 3. The summed E-state index contributed by atoms with van der Waals surface area (Å²) in [7, 11) is 0. The third-order valence-electron chi connectivity index (χ3n) is 6.49. The summed E-state index contributed by atoms with van der Waals surface area (Å²) in [5.74, 6) is -0.769. The number of aryl methyl sites for hydroxylation is 1. The van der Waals surface area contributed by atoms with Crippen molar-refractivity contribution in [1.82, 2.24) is 10.2 Å². The zero-order chi connectivity index (χ0) is 22.8. The molecule has 0 aromatic heterocycles. The fourth-order valence-corrected chi connectivity index (χ4v) is 4.91. The molecule has 1 unspecified atom stereocenters. The smallest absolute Gasteiger partial charge is 0.324 e. The quantitative estimate of drug-likeness (QED) is 0.589. The molecule has 1 spiro atoms. The van der Waals surface area contributed by atoms with E-state index in [2.05, 4.69) is 10.6 Å². The summed E-state index contributed by atoms with van der Waals surface area (Å²) in [6.45, 7) is -0.336. The highest BCUT2D eigenvalue weighted by Gasteiger charge is 2.53. The Morgan fingerprint density at radius 2 is 1.64 bits per heavy atom. The van der Waals surface area contributed by atoms with Crippen molar-refractivity contribution in [1.29, 1.82) is 0 Å². The minimum absolute atomic E-state index is 0.336. The predicted molar refractivity (Wildman–Crippen MR) is 126 cm³/mol. The molecule has 166 valence electrons. The molecule has 2 aliphatic rings. The molecule has 0 saturated carbocycles. The van der Waals surface area contributed by atoms with E-state index in [1.54, 1.807) is 0 Å². The van der Waals surface area contributed by atoms with Gasteiger partial charge >= 0.3 is 6.03 Å². The van der Waals surface area contributed by atoms with E-state index in [9.17, 15) is 14.4 Å². The van der Waals surface area contributed by atoms with Crippen molar-refractivity contribution < 1.29 is 14.4 Å². The number of anilines is 1. The summed E-state index contributed by atoms with van der Waals surface area (Å²) < 4.78 is 0. The van der Waals surface area contributed by atoms with Gasteiger partial charge in [-0.25, -0.2) is 4.79 Å². The van der Waals surface area contributed by atoms with Crippen molar-refractivity contribution in [3.8, 4) is 11.1 Å². The highest BCUT2D eigenvalue weighted by molar-refractivity contribution is 6.11. The maximum Gasteiger partial charge on any atom is 0.325 e. The molecule has 2 N–H and O–H groups in total. The number of imide groups is 1. The molecule has 6 heteroatoms. The summed E-state index contributed by atoms with van der Waals surface area (Å²) in [6, 6.07) is 24.5. The zero-order valence-corrected chi connectivity index (χ0v) is 18.2. The van der Waals surface area contributed by atoms with E-state index in [4.69, 9.17) is 0 Å². The first kappa shape index (κ1) is 20.9. The van der Waals surface area contributed by atoms with Gasteiger partial charge in [0.05, 0.1) is 0 Å². The van der Waals surface area contributed by atoms with E-state index in [1.807, 2.05) is 78.9 Å². The molecule has 1 aliphatic heterocycles. The Hall–Kier alpha value is -3.93. The van der Waals surface area contributed by atoms with Crippen molar-refractivity contribution in [2.24, 2.45) is 0 Å². The molecule has 0 radical (unpaired) electrons. The summed E-state index contributed by atoms with van der Waals surface area (Å²) in [4.78, 5) is 40.4. The fraction of sp³-hybridized carbons (Fsp3) is 0.222. The fourth-order valence-electron chi connectivity index (χ4n) is 4.91.